The molecule has 1 fully saturated rings. The SMILES string of the molecule is O=C(Nc1cccnc1)C1=NOC2(CCCN(C(=O)c3ccccc3F)C2)C1. The Labute approximate surface area is 161 Å². The maximum absolute atomic E-state index is 14.0. The van der Waals surface area contributed by atoms with Crippen molar-refractivity contribution in [3.63, 3.8) is 0 Å². The summed E-state index contributed by atoms with van der Waals surface area (Å²) in [6, 6.07) is 9.36. The van der Waals surface area contributed by atoms with Crippen LogP contribution in [0, 0.1) is 5.82 Å². The number of hydrogen-bond acceptors (Lipinski definition) is 5. The molecule has 1 unspecified atom stereocenters. The predicted octanol–water partition coefficient (Wildman–Crippen LogP) is 2.61. The fourth-order valence-electron chi connectivity index (χ4n) is 3.58. The third-order valence-corrected chi connectivity index (χ3v) is 4.95. The number of piperidine rings is 1. The first-order chi connectivity index (χ1) is 13.6. The number of carbonyl (C=O) groups is 2. The van der Waals surface area contributed by atoms with E-state index in [4.69, 9.17) is 4.84 Å². The number of rotatable bonds is 3. The quantitative estimate of drug-likeness (QED) is 0.885. The minimum Gasteiger partial charge on any atom is -0.386 e. The average molecular weight is 382 g/mol. The van der Waals surface area contributed by atoms with Crippen LogP contribution in [-0.2, 0) is 9.63 Å². The van der Waals surface area contributed by atoms with Crippen molar-refractivity contribution in [2.24, 2.45) is 5.16 Å². The van der Waals surface area contributed by atoms with Crippen molar-refractivity contribution in [2.45, 2.75) is 24.9 Å². The molecule has 0 radical (unpaired) electrons. The number of amides is 2. The van der Waals surface area contributed by atoms with E-state index in [2.05, 4.69) is 15.5 Å². The lowest BCUT2D eigenvalue weighted by Crippen LogP contribution is -2.51. The lowest BCUT2D eigenvalue weighted by Gasteiger charge is -2.38. The maximum atomic E-state index is 14.0. The van der Waals surface area contributed by atoms with Gasteiger partial charge in [0, 0.05) is 19.2 Å². The van der Waals surface area contributed by atoms with E-state index in [0.717, 1.165) is 0 Å². The van der Waals surface area contributed by atoms with Crippen LogP contribution in [0.1, 0.15) is 29.6 Å². The second kappa shape index (κ2) is 7.38. The first-order valence-electron chi connectivity index (χ1n) is 9.07. The standard InChI is InChI=1S/C20H19FN4O3/c21-16-7-2-1-6-15(16)19(27)25-10-4-8-20(13-25)11-17(24-28-20)18(26)23-14-5-3-9-22-12-14/h1-3,5-7,9,12H,4,8,10-11,13H2,(H,23,26). The summed E-state index contributed by atoms with van der Waals surface area (Å²) in [6.45, 7) is 0.767. The number of carbonyl (C=O) groups excluding carboxylic acids is 2. The van der Waals surface area contributed by atoms with Crippen molar-refractivity contribution in [3.05, 3.63) is 60.2 Å². The average Bonchev–Trinajstić information content (AvgIpc) is 3.12. The number of pyridine rings is 1. The molecule has 3 heterocycles. The summed E-state index contributed by atoms with van der Waals surface area (Å²) < 4.78 is 14.0. The van der Waals surface area contributed by atoms with E-state index >= 15 is 0 Å². The summed E-state index contributed by atoms with van der Waals surface area (Å²) in [5.74, 6) is -1.29. The van der Waals surface area contributed by atoms with E-state index in [1.54, 1.807) is 41.6 Å². The molecule has 0 saturated carbocycles. The van der Waals surface area contributed by atoms with E-state index in [1.165, 1.54) is 12.1 Å². The monoisotopic (exact) mass is 382 g/mol. The third-order valence-electron chi connectivity index (χ3n) is 4.95. The molecule has 1 aromatic heterocycles. The molecule has 28 heavy (non-hydrogen) atoms. The molecule has 7 nitrogen and oxygen atoms in total. The zero-order valence-corrected chi connectivity index (χ0v) is 15.1. The minimum atomic E-state index is -0.749. The molecule has 1 spiro atoms. The Hall–Kier alpha value is -3.29. The number of hydrogen-bond donors (Lipinski definition) is 1. The van der Waals surface area contributed by atoms with E-state index < -0.39 is 11.4 Å². The molecule has 1 saturated heterocycles. The van der Waals surface area contributed by atoms with Gasteiger partial charge in [0.2, 0.25) is 0 Å². The molecular weight excluding hydrogens is 363 g/mol. The number of likely N-dealkylation sites (tertiary alicyclic amines) is 1. The van der Waals surface area contributed by atoms with Crippen molar-refractivity contribution >= 4 is 23.2 Å². The zero-order chi connectivity index (χ0) is 19.6. The van der Waals surface area contributed by atoms with Crippen LogP contribution in [0.25, 0.3) is 0 Å². The van der Waals surface area contributed by atoms with E-state index in [0.29, 0.717) is 31.5 Å². The molecule has 2 aromatic rings. The Morgan fingerprint density at radius 1 is 1.21 bits per heavy atom. The fraction of sp³-hybridized carbons (Fsp3) is 0.300. The van der Waals surface area contributed by atoms with Crippen molar-refractivity contribution in [1.29, 1.82) is 0 Å². The van der Waals surface area contributed by atoms with Crippen molar-refractivity contribution in [3.8, 4) is 0 Å². The van der Waals surface area contributed by atoms with Gasteiger partial charge in [-0.05, 0) is 37.1 Å². The minimum absolute atomic E-state index is 0.0352. The largest absolute Gasteiger partial charge is 0.386 e. The summed E-state index contributed by atoms with van der Waals surface area (Å²) in [7, 11) is 0. The molecule has 2 amide bonds. The number of anilines is 1. The van der Waals surface area contributed by atoms with Gasteiger partial charge in [-0.3, -0.25) is 14.6 Å². The summed E-state index contributed by atoms with van der Waals surface area (Å²) in [6.07, 6.45) is 4.80. The van der Waals surface area contributed by atoms with Gasteiger partial charge in [0.15, 0.2) is 5.60 Å². The van der Waals surface area contributed by atoms with Crippen LogP contribution in [0.5, 0.6) is 0 Å². The van der Waals surface area contributed by atoms with Crippen LogP contribution in [0.4, 0.5) is 10.1 Å². The molecule has 1 atom stereocenters. The fourth-order valence-corrected chi connectivity index (χ4v) is 3.58. The lowest BCUT2D eigenvalue weighted by molar-refractivity contribution is -0.110. The number of nitrogens with zero attached hydrogens (tertiary/aromatic N) is 3. The smallest absolute Gasteiger partial charge is 0.273 e. The highest BCUT2D eigenvalue weighted by molar-refractivity contribution is 6.43. The summed E-state index contributed by atoms with van der Waals surface area (Å²) in [4.78, 5) is 36.3. The Kier molecular flexibility index (Phi) is 4.77. The summed E-state index contributed by atoms with van der Waals surface area (Å²) in [5, 5.41) is 6.70. The van der Waals surface area contributed by atoms with Gasteiger partial charge in [0.25, 0.3) is 11.8 Å². The highest BCUT2D eigenvalue weighted by Gasteiger charge is 2.45. The van der Waals surface area contributed by atoms with Gasteiger partial charge in [-0.2, -0.15) is 0 Å². The maximum Gasteiger partial charge on any atom is 0.273 e. The van der Waals surface area contributed by atoms with Crippen LogP contribution in [-0.4, -0.2) is 46.1 Å². The Morgan fingerprint density at radius 3 is 2.86 bits per heavy atom. The molecule has 2 aliphatic heterocycles. The third kappa shape index (κ3) is 3.58. The van der Waals surface area contributed by atoms with E-state index in [-0.39, 0.29) is 29.6 Å². The molecular formula is C20H19FN4O3. The van der Waals surface area contributed by atoms with Crippen LogP contribution in [0.2, 0.25) is 0 Å². The number of halogens is 1. The zero-order valence-electron chi connectivity index (χ0n) is 15.1. The molecule has 0 bridgehead atoms. The highest BCUT2D eigenvalue weighted by atomic mass is 19.1. The Bertz CT molecular complexity index is 934. The molecule has 2 aliphatic rings. The Morgan fingerprint density at radius 2 is 2.07 bits per heavy atom. The van der Waals surface area contributed by atoms with Gasteiger partial charge in [0.05, 0.1) is 24.0 Å². The molecule has 4 rings (SSSR count). The highest BCUT2D eigenvalue weighted by Crippen LogP contribution is 2.34. The number of nitrogens with one attached hydrogen (secondary N) is 1. The van der Waals surface area contributed by atoms with Crippen molar-refractivity contribution in [2.75, 3.05) is 18.4 Å². The number of benzene rings is 1. The van der Waals surface area contributed by atoms with Gasteiger partial charge < -0.3 is 15.1 Å². The topological polar surface area (TPSA) is 83.9 Å². The first kappa shape index (κ1) is 18.1. The molecule has 1 aromatic carbocycles. The van der Waals surface area contributed by atoms with Crippen LogP contribution < -0.4 is 5.32 Å². The normalized spacial score (nSPS) is 21.2. The van der Waals surface area contributed by atoms with Gasteiger partial charge in [-0.25, -0.2) is 4.39 Å². The van der Waals surface area contributed by atoms with Gasteiger partial charge >= 0.3 is 0 Å². The molecule has 1 N–H and O–H groups in total. The summed E-state index contributed by atoms with van der Waals surface area (Å²) >= 11 is 0. The van der Waals surface area contributed by atoms with Crippen LogP contribution >= 0.6 is 0 Å². The van der Waals surface area contributed by atoms with Gasteiger partial charge in [-0.15, -0.1) is 0 Å². The van der Waals surface area contributed by atoms with Gasteiger partial charge in [0.1, 0.15) is 11.5 Å². The Balaban J connectivity index is 1.43. The van der Waals surface area contributed by atoms with E-state index in [9.17, 15) is 14.0 Å². The summed E-state index contributed by atoms with van der Waals surface area (Å²) in [5.41, 5.74) is 0.119. The van der Waals surface area contributed by atoms with E-state index in [1.807, 2.05) is 0 Å². The number of aromatic nitrogens is 1. The predicted molar refractivity (Wildman–Crippen MR) is 100 cm³/mol. The lowest BCUT2D eigenvalue weighted by atomic mass is 9.87. The van der Waals surface area contributed by atoms with Crippen molar-refractivity contribution in [1.82, 2.24) is 9.88 Å². The van der Waals surface area contributed by atoms with Crippen molar-refractivity contribution < 1.29 is 18.8 Å². The molecule has 144 valence electrons. The molecule has 0 aliphatic carbocycles. The first-order valence-corrected chi connectivity index (χ1v) is 9.07. The van der Waals surface area contributed by atoms with Gasteiger partial charge in [-0.1, -0.05) is 17.3 Å². The van der Waals surface area contributed by atoms with Crippen LogP contribution in [0.15, 0.2) is 53.9 Å². The second-order valence-electron chi connectivity index (χ2n) is 6.99. The molecule has 8 heteroatoms. The van der Waals surface area contributed by atoms with Crippen LogP contribution in [0.3, 0.4) is 0 Å². The second-order valence-corrected chi connectivity index (χ2v) is 6.99. The number of oxime groups is 1.